The Hall–Kier alpha value is -1.12. The topological polar surface area (TPSA) is 34.9 Å². The highest BCUT2D eigenvalue weighted by atomic mass is 16.1. The molecule has 0 saturated carbocycles. The van der Waals surface area contributed by atoms with Crippen LogP contribution >= 0.6 is 0 Å². The van der Waals surface area contributed by atoms with E-state index in [0.29, 0.717) is 24.5 Å². The highest BCUT2D eigenvalue weighted by Gasteiger charge is 2.06. The SMILES string of the molecule is CC(C)CC(=O)CCc1ccn(C)n1. The maximum absolute atomic E-state index is 11.4. The number of hydrogen-bond acceptors (Lipinski definition) is 2. The molecule has 0 aliphatic rings. The molecule has 0 amide bonds. The molecule has 0 bridgehead atoms. The number of carbonyl (C=O) groups is 1. The molecule has 0 saturated heterocycles. The quantitative estimate of drug-likeness (QED) is 0.718. The molecule has 0 atom stereocenters. The van der Waals surface area contributed by atoms with Gasteiger partial charge < -0.3 is 0 Å². The molecule has 1 rings (SSSR count). The van der Waals surface area contributed by atoms with Crippen LogP contribution in [0.25, 0.3) is 0 Å². The van der Waals surface area contributed by atoms with Crippen molar-refractivity contribution in [3.63, 3.8) is 0 Å². The van der Waals surface area contributed by atoms with Gasteiger partial charge in [0.2, 0.25) is 0 Å². The van der Waals surface area contributed by atoms with Crippen molar-refractivity contribution in [1.82, 2.24) is 9.78 Å². The number of ketones is 1. The Bertz CT molecular complexity index is 302. The third kappa shape index (κ3) is 3.73. The van der Waals surface area contributed by atoms with E-state index in [4.69, 9.17) is 0 Å². The van der Waals surface area contributed by atoms with Crippen molar-refractivity contribution in [2.75, 3.05) is 0 Å². The summed E-state index contributed by atoms with van der Waals surface area (Å²) in [4.78, 5) is 11.4. The van der Waals surface area contributed by atoms with Crippen LogP contribution in [0, 0.1) is 5.92 Å². The first kappa shape index (κ1) is 11.0. The molecule has 14 heavy (non-hydrogen) atoms. The van der Waals surface area contributed by atoms with E-state index in [2.05, 4.69) is 18.9 Å². The van der Waals surface area contributed by atoms with E-state index >= 15 is 0 Å². The van der Waals surface area contributed by atoms with E-state index < -0.39 is 0 Å². The van der Waals surface area contributed by atoms with Gasteiger partial charge in [-0.3, -0.25) is 9.48 Å². The maximum atomic E-state index is 11.4. The summed E-state index contributed by atoms with van der Waals surface area (Å²) in [6.07, 6.45) is 3.98. The monoisotopic (exact) mass is 194 g/mol. The van der Waals surface area contributed by atoms with Gasteiger partial charge in [-0.05, 0) is 18.4 Å². The molecule has 78 valence electrons. The normalized spacial score (nSPS) is 10.9. The first-order chi connectivity index (χ1) is 6.58. The minimum atomic E-state index is 0.339. The third-order valence-electron chi connectivity index (χ3n) is 2.06. The molecule has 1 aromatic heterocycles. The fourth-order valence-electron chi connectivity index (χ4n) is 1.42. The first-order valence-corrected chi connectivity index (χ1v) is 5.08. The summed E-state index contributed by atoms with van der Waals surface area (Å²) in [5, 5.41) is 4.23. The Kier molecular flexibility index (Phi) is 3.86. The number of rotatable bonds is 5. The van der Waals surface area contributed by atoms with Gasteiger partial charge in [0.05, 0.1) is 5.69 Å². The van der Waals surface area contributed by atoms with Gasteiger partial charge in [0, 0.05) is 26.1 Å². The molecule has 0 N–H and O–H groups in total. The molecule has 3 nitrogen and oxygen atoms in total. The lowest BCUT2D eigenvalue weighted by Crippen LogP contribution is -2.04. The van der Waals surface area contributed by atoms with E-state index in [1.807, 2.05) is 19.3 Å². The summed E-state index contributed by atoms with van der Waals surface area (Å²) in [5.74, 6) is 0.803. The fourth-order valence-corrected chi connectivity index (χ4v) is 1.42. The van der Waals surface area contributed by atoms with Crippen LogP contribution in [-0.4, -0.2) is 15.6 Å². The summed E-state index contributed by atoms with van der Waals surface area (Å²) < 4.78 is 1.77. The molecule has 0 spiro atoms. The second kappa shape index (κ2) is 4.94. The molecule has 0 aliphatic carbocycles. The molecule has 0 aliphatic heterocycles. The van der Waals surface area contributed by atoms with E-state index in [9.17, 15) is 4.79 Å². The highest BCUT2D eigenvalue weighted by molar-refractivity contribution is 5.78. The Morgan fingerprint density at radius 1 is 1.57 bits per heavy atom. The van der Waals surface area contributed by atoms with Crippen LogP contribution in [0.3, 0.4) is 0 Å². The number of hydrogen-bond donors (Lipinski definition) is 0. The smallest absolute Gasteiger partial charge is 0.133 e. The lowest BCUT2D eigenvalue weighted by molar-refractivity contribution is -0.119. The Labute approximate surface area is 85.1 Å². The molecule has 0 aromatic carbocycles. The molecule has 0 radical (unpaired) electrons. The minimum absolute atomic E-state index is 0.339. The van der Waals surface area contributed by atoms with E-state index in [0.717, 1.165) is 12.1 Å². The van der Waals surface area contributed by atoms with E-state index in [-0.39, 0.29) is 0 Å². The van der Waals surface area contributed by atoms with Crippen LogP contribution in [0.5, 0.6) is 0 Å². The summed E-state index contributed by atoms with van der Waals surface area (Å²) in [5.41, 5.74) is 1.00. The van der Waals surface area contributed by atoms with Gasteiger partial charge in [-0.1, -0.05) is 13.8 Å². The summed E-state index contributed by atoms with van der Waals surface area (Å²) in [7, 11) is 1.89. The molecule has 0 fully saturated rings. The second-order valence-corrected chi connectivity index (χ2v) is 4.12. The van der Waals surface area contributed by atoms with Crippen LogP contribution in [-0.2, 0) is 18.3 Å². The molecule has 1 heterocycles. The minimum Gasteiger partial charge on any atom is -0.300 e. The molecular formula is C11H18N2O. The Morgan fingerprint density at radius 2 is 2.29 bits per heavy atom. The lowest BCUT2D eigenvalue weighted by atomic mass is 10.0. The van der Waals surface area contributed by atoms with Gasteiger partial charge in [0.15, 0.2) is 0 Å². The Morgan fingerprint density at radius 3 is 2.79 bits per heavy atom. The van der Waals surface area contributed by atoms with Crippen molar-refractivity contribution in [1.29, 1.82) is 0 Å². The predicted molar refractivity (Wildman–Crippen MR) is 56.0 cm³/mol. The van der Waals surface area contributed by atoms with Crippen LogP contribution in [0.4, 0.5) is 0 Å². The molecular weight excluding hydrogens is 176 g/mol. The maximum Gasteiger partial charge on any atom is 0.133 e. The van der Waals surface area contributed by atoms with Crippen molar-refractivity contribution < 1.29 is 4.79 Å². The van der Waals surface area contributed by atoms with Crippen molar-refractivity contribution in [2.45, 2.75) is 33.1 Å². The standard InChI is InChI=1S/C11H18N2O/c1-9(2)8-11(14)5-4-10-6-7-13(3)12-10/h6-7,9H,4-5,8H2,1-3H3. The zero-order chi connectivity index (χ0) is 10.6. The number of nitrogens with zero attached hydrogens (tertiary/aromatic N) is 2. The Balaban J connectivity index is 2.30. The highest BCUT2D eigenvalue weighted by Crippen LogP contribution is 2.06. The summed E-state index contributed by atoms with van der Waals surface area (Å²) in [6, 6.07) is 1.96. The van der Waals surface area contributed by atoms with Crippen molar-refractivity contribution >= 4 is 5.78 Å². The average molecular weight is 194 g/mol. The largest absolute Gasteiger partial charge is 0.300 e. The number of aryl methyl sites for hydroxylation is 2. The van der Waals surface area contributed by atoms with Gasteiger partial charge in [0.25, 0.3) is 0 Å². The van der Waals surface area contributed by atoms with Crippen molar-refractivity contribution in [2.24, 2.45) is 13.0 Å². The second-order valence-electron chi connectivity index (χ2n) is 4.12. The third-order valence-corrected chi connectivity index (χ3v) is 2.06. The number of Topliss-reactive ketones (excluding diaryl/α,β-unsaturated/α-hetero) is 1. The van der Waals surface area contributed by atoms with E-state index in [1.54, 1.807) is 4.68 Å². The summed E-state index contributed by atoms with van der Waals surface area (Å²) >= 11 is 0. The van der Waals surface area contributed by atoms with Crippen LogP contribution in [0.15, 0.2) is 12.3 Å². The molecule has 0 unspecified atom stereocenters. The van der Waals surface area contributed by atoms with E-state index in [1.165, 1.54) is 0 Å². The fraction of sp³-hybridized carbons (Fsp3) is 0.636. The van der Waals surface area contributed by atoms with Crippen molar-refractivity contribution in [3.05, 3.63) is 18.0 Å². The summed E-state index contributed by atoms with van der Waals surface area (Å²) in [6.45, 7) is 4.14. The van der Waals surface area contributed by atoms with Gasteiger partial charge in [-0.25, -0.2) is 0 Å². The molecule has 1 aromatic rings. The van der Waals surface area contributed by atoms with Gasteiger partial charge in [-0.15, -0.1) is 0 Å². The van der Waals surface area contributed by atoms with Crippen LogP contribution in [0.2, 0.25) is 0 Å². The van der Waals surface area contributed by atoms with Gasteiger partial charge in [0.1, 0.15) is 5.78 Å². The average Bonchev–Trinajstić information content (AvgIpc) is 2.47. The predicted octanol–water partition coefficient (Wildman–Crippen LogP) is 1.97. The van der Waals surface area contributed by atoms with Gasteiger partial charge in [-0.2, -0.15) is 5.10 Å². The van der Waals surface area contributed by atoms with Crippen LogP contribution in [0.1, 0.15) is 32.4 Å². The van der Waals surface area contributed by atoms with Crippen LogP contribution < -0.4 is 0 Å². The number of carbonyl (C=O) groups excluding carboxylic acids is 1. The van der Waals surface area contributed by atoms with Gasteiger partial charge >= 0.3 is 0 Å². The zero-order valence-electron chi connectivity index (χ0n) is 9.16. The zero-order valence-corrected chi connectivity index (χ0v) is 9.16. The molecule has 3 heteroatoms. The van der Waals surface area contributed by atoms with Crippen molar-refractivity contribution in [3.8, 4) is 0 Å². The lowest BCUT2D eigenvalue weighted by Gasteiger charge is -2.02. The number of aromatic nitrogens is 2. The first-order valence-electron chi connectivity index (χ1n) is 5.08.